The minimum atomic E-state index is -3.30. The molecule has 140 valence electrons. The van der Waals surface area contributed by atoms with E-state index in [4.69, 9.17) is 4.74 Å². The molecule has 0 aromatic heterocycles. The molecule has 25 heavy (non-hydrogen) atoms. The van der Waals surface area contributed by atoms with E-state index in [9.17, 15) is 8.42 Å². The third kappa shape index (κ3) is 4.82. The van der Waals surface area contributed by atoms with Crippen molar-refractivity contribution in [3.05, 3.63) is 35.4 Å². The predicted molar refractivity (Wildman–Crippen MR) is 100 cm³/mol. The molecule has 1 unspecified atom stereocenters. The quantitative estimate of drug-likeness (QED) is 0.840. The SMILES string of the molecule is CC1(C)CCc2ccccc2C1NS(=O)(=O)CCCN1CCOCC1. The van der Waals surface area contributed by atoms with Crippen molar-refractivity contribution < 1.29 is 13.2 Å². The topological polar surface area (TPSA) is 58.6 Å². The number of aryl methyl sites for hydroxylation is 1. The van der Waals surface area contributed by atoms with Crippen LogP contribution in [-0.2, 0) is 21.2 Å². The zero-order chi connectivity index (χ0) is 17.9. The highest BCUT2D eigenvalue weighted by Crippen LogP contribution is 2.43. The molecule has 6 heteroatoms. The molecule has 0 spiro atoms. The van der Waals surface area contributed by atoms with E-state index in [1.165, 1.54) is 5.56 Å². The molecule has 1 aliphatic carbocycles. The number of nitrogens with one attached hydrogen (secondary N) is 1. The maximum atomic E-state index is 12.7. The van der Waals surface area contributed by atoms with Gasteiger partial charge in [0.05, 0.1) is 25.0 Å². The van der Waals surface area contributed by atoms with Crippen LogP contribution in [0.15, 0.2) is 24.3 Å². The van der Waals surface area contributed by atoms with Crippen LogP contribution in [0.4, 0.5) is 0 Å². The van der Waals surface area contributed by atoms with Crippen molar-refractivity contribution in [1.82, 2.24) is 9.62 Å². The number of ether oxygens (including phenoxy) is 1. The normalized spacial score (nSPS) is 24.0. The van der Waals surface area contributed by atoms with E-state index in [2.05, 4.69) is 35.6 Å². The van der Waals surface area contributed by atoms with Crippen LogP contribution in [0, 0.1) is 5.41 Å². The number of benzene rings is 1. The summed E-state index contributed by atoms with van der Waals surface area (Å²) in [5, 5.41) is 0. The van der Waals surface area contributed by atoms with E-state index in [0.717, 1.165) is 51.3 Å². The molecule has 1 aromatic rings. The Hall–Kier alpha value is -0.950. The summed E-state index contributed by atoms with van der Waals surface area (Å²) in [4.78, 5) is 2.28. The Morgan fingerprint density at radius 2 is 1.96 bits per heavy atom. The van der Waals surface area contributed by atoms with Crippen LogP contribution >= 0.6 is 0 Å². The lowest BCUT2D eigenvalue weighted by molar-refractivity contribution is 0.0381. The second kappa shape index (κ2) is 7.74. The molecule has 2 aliphatic rings. The number of morpholine rings is 1. The van der Waals surface area contributed by atoms with Gasteiger partial charge in [-0.2, -0.15) is 0 Å². The summed E-state index contributed by atoms with van der Waals surface area (Å²) >= 11 is 0. The fraction of sp³-hybridized carbons (Fsp3) is 0.684. The van der Waals surface area contributed by atoms with Crippen molar-refractivity contribution in [2.45, 2.75) is 39.2 Å². The van der Waals surface area contributed by atoms with E-state index in [-0.39, 0.29) is 17.2 Å². The molecule has 1 heterocycles. The van der Waals surface area contributed by atoms with Crippen molar-refractivity contribution >= 4 is 10.0 Å². The Bertz CT molecular complexity index is 682. The maximum absolute atomic E-state index is 12.7. The van der Waals surface area contributed by atoms with Crippen LogP contribution in [0.5, 0.6) is 0 Å². The van der Waals surface area contributed by atoms with Gasteiger partial charge in [-0.3, -0.25) is 4.90 Å². The number of rotatable bonds is 6. The highest BCUT2D eigenvalue weighted by atomic mass is 32.2. The van der Waals surface area contributed by atoms with Crippen LogP contribution in [0.3, 0.4) is 0 Å². The third-order valence-electron chi connectivity index (χ3n) is 5.47. The first-order chi connectivity index (χ1) is 11.9. The molecule has 0 amide bonds. The molecule has 1 aliphatic heterocycles. The zero-order valence-electron chi connectivity index (χ0n) is 15.3. The van der Waals surface area contributed by atoms with Gasteiger partial charge in [0.25, 0.3) is 0 Å². The average molecular weight is 367 g/mol. The number of sulfonamides is 1. The van der Waals surface area contributed by atoms with Crippen LogP contribution in [0.2, 0.25) is 0 Å². The lowest BCUT2D eigenvalue weighted by Crippen LogP contribution is -2.42. The van der Waals surface area contributed by atoms with E-state index in [1.807, 2.05) is 12.1 Å². The van der Waals surface area contributed by atoms with E-state index in [0.29, 0.717) is 6.42 Å². The van der Waals surface area contributed by atoms with Gasteiger partial charge in [0.1, 0.15) is 0 Å². The second-order valence-corrected chi connectivity index (χ2v) is 9.74. The lowest BCUT2D eigenvalue weighted by atomic mass is 9.71. The Labute approximate surface area is 151 Å². The summed E-state index contributed by atoms with van der Waals surface area (Å²) in [6.45, 7) is 8.42. The van der Waals surface area contributed by atoms with Gasteiger partial charge in [0.15, 0.2) is 0 Å². The van der Waals surface area contributed by atoms with Crippen LogP contribution < -0.4 is 4.72 Å². The van der Waals surface area contributed by atoms with Gasteiger partial charge in [-0.25, -0.2) is 13.1 Å². The van der Waals surface area contributed by atoms with Crippen LogP contribution in [-0.4, -0.2) is 51.9 Å². The summed E-state index contributed by atoms with van der Waals surface area (Å²) in [5.74, 6) is 0.180. The van der Waals surface area contributed by atoms with Crippen molar-refractivity contribution in [3.8, 4) is 0 Å². The zero-order valence-corrected chi connectivity index (χ0v) is 16.1. The molecule has 0 radical (unpaired) electrons. The minimum Gasteiger partial charge on any atom is -0.379 e. The van der Waals surface area contributed by atoms with Gasteiger partial charge in [0, 0.05) is 13.1 Å². The highest BCUT2D eigenvalue weighted by Gasteiger charge is 2.37. The molecule has 1 aromatic carbocycles. The number of hydrogen-bond acceptors (Lipinski definition) is 4. The van der Waals surface area contributed by atoms with Gasteiger partial charge in [-0.15, -0.1) is 0 Å². The molecular weight excluding hydrogens is 336 g/mol. The smallest absolute Gasteiger partial charge is 0.212 e. The highest BCUT2D eigenvalue weighted by molar-refractivity contribution is 7.89. The summed E-state index contributed by atoms with van der Waals surface area (Å²) in [6, 6.07) is 8.07. The molecule has 1 atom stereocenters. The summed E-state index contributed by atoms with van der Waals surface area (Å²) < 4.78 is 33.7. The van der Waals surface area contributed by atoms with Gasteiger partial charge in [0.2, 0.25) is 10.0 Å². The first kappa shape index (κ1) is 18.8. The first-order valence-electron chi connectivity index (χ1n) is 9.25. The molecule has 5 nitrogen and oxygen atoms in total. The number of fused-ring (bicyclic) bond motifs is 1. The van der Waals surface area contributed by atoms with Gasteiger partial charge in [-0.05, 0) is 42.3 Å². The lowest BCUT2D eigenvalue weighted by Gasteiger charge is -2.40. The largest absolute Gasteiger partial charge is 0.379 e. The second-order valence-electron chi connectivity index (χ2n) is 7.86. The third-order valence-corrected chi connectivity index (χ3v) is 6.90. The van der Waals surface area contributed by atoms with Crippen molar-refractivity contribution in [2.24, 2.45) is 5.41 Å². The number of nitrogens with zero attached hydrogens (tertiary/aromatic N) is 1. The van der Waals surface area contributed by atoms with E-state index in [1.54, 1.807) is 0 Å². The fourth-order valence-corrected chi connectivity index (χ4v) is 5.26. The summed E-state index contributed by atoms with van der Waals surface area (Å²) in [5.41, 5.74) is 2.32. The Morgan fingerprint density at radius 1 is 1.24 bits per heavy atom. The Kier molecular flexibility index (Phi) is 5.83. The minimum absolute atomic E-state index is 0.0777. The predicted octanol–water partition coefficient (Wildman–Crippen LogP) is 2.34. The van der Waals surface area contributed by atoms with E-state index < -0.39 is 10.0 Å². The monoisotopic (exact) mass is 366 g/mol. The Morgan fingerprint density at radius 3 is 2.72 bits per heavy atom. The van der Waals surface area contributed by atoms with E-state index >= 15 is 0 Å². The molecule has 3 rings (SSSR count). The molecule has 1 fully saturated rings. The maximum Gasteiger partial charge on any atom is 0.212 e. The summed E-state index contributed by atoms with van der Waals surface area (Å²) in [7, 11) is -3.30. The van der Waals surface area contributed by atoms with Crippen LogP contribution in [0.25, 0.3) is 0 Å². The molecule has 0 bridgehead atoms. The molecule has 1 N–H and O–H groups in total. The van der Waals surface area contributed by atoms with Gasteiger partial charge < -0.3 is 4.74 Å². The molecular formula is C19H30N2O3S. The van der Waals surface area contributed by atoms with Crippen molar-refractivity contribution in [3.63, 3.8) is 0 Å². The van der Waals surface area contributed by atoms with Gasteiger partial charge >= 0.3 is 0 Å². The van der Waals surface area contributed by atoms with Gasteiger partial charge in [-0.1, -0.05) is 38.1 Å². The van der Waals surface area contributed by atoms with Crippen LogP contribution in [0.1, 0.15) is 43.9 Å². The van der Waals surface area contributed by atoms with Crippen molar-refractivity contribution in [2.75, 3.05) is 38.6 Å². The average Bonchev–Trinajstić information content (AvgIpc) is 2.58. The van der Waals surface area contributed by atoms with Crippen molar-refractivity contribution in [1.29, 1.82) is 0 Å². The molecule has 0 saturated carbocycles. The molecule has 1 saturated heterocycles. The number of hydrogen-bond donors (Lipinski definition) is 1. The standard InChI is InChI=1S/C19H30N2O3S/c1-19(2)9-8-16-6-3-4-7-17(16)18(19)20-25(22,23)15-5-10-21-11-13-24-14-12-21/h3-4,6-7,18,20H,5,8-15H2,1-2H3. The Balaban J connectivity index is 1.63. The summed E-state index contributed by atoms with van der Waals surface area (Å²) in [6.07, 6.45) is 2.66. The fourth-order valence-electron chi connectivity index (χ4n) is 3.83. The first-order valence-corrected chi connectivity index (χ1v) is 10.9.